The second-order valence-electron chi connectivity index (χ2n) is 6.66. The fourth-order valence-electron chi connectivity index (χ4n) is 3.07. The van der Waals surface area contributed by atoms with Crippen LogP contribution in [0.4, 0.5) is 0 Å². The minimum absolute atomic E-state index is 0.0866. The quantitative estimate of drug-likeness (QED) is 0.743. The molecule has 2 aliphatic rings. The Labute approximate surface area is 122 Å². The molecule has 0 saturated heterocycles. The molecular weight excluding hydrogens is 252 g/mol. The van der Waals surface area contributed by atoms with E-state index >= 15 is 0 Å². The third kappa shape index (κ3) is 3.53. The Morgan fingerprint density at radius 3 is 2.40 bits per heavy atom. The number of carbonyl (C=O) groups excluding carboxylic acids is 1. The number of nitrogens with zero attached hydrogens (tertiary/aromatic N) is 2. The van der Waals surface area contributed by atoms with Crippen molar-refractivity contribution in [3.63, 3.8) is 0 Å². The Balaban J connectivity index is 2.12. The van der Waals surface area contributed by atoms with Crippen LogP contribution in [0.3, 0.4) is 0 Å². The van der Waals surface area contributed by atoms with E-state index in [0.29, 0.717) is 17.8 Å². The number of rotatable bonds is 4. The van der Waals surface area contributed by atoms with E-state index in [4.69, 9.17) is 4.74 Å². The molecule has 20 heavy (non-hydrogen) atoms. The summed E-state index contributed by atoms with van der Waals surface area (Å²) < 4.78 is 5.37. The van der Waals surface area contributed by atoms with Gasteiger partial charge in [0.1, 0.15) is 0 Å². The molecule has 0 amide bonds. The molecule has 1 fully saturated rings. The van der Waals surface area contributed by atoms with Crippen molar-refractivity contribution >= 4 is 11.8 Å². The molecule has 1 aliphatic heterocycles. The van der Waals surface area contributed by atoms with Crippen molar-refractivity contribution in [1.29, 1.82) is 0 Å². The van der Waals surface area contributed by atoms with Crippen LogP contribution < -0.4 is 0 Å². The Bertz CT molecular complexity index is 371. The fraction of sp³-hybridized carbons (Fsp3) is 0.875. The van der Waals surface area contributed by atoms with E-state index in [0.717, 1.165) is 6.54 Å². The van der Waals surface area contributed by atoms with Crippen molar-refractivity contribution < 1.29 is 9.53 Å². The van der Waals surface area contributed by atoms with Crippen molar-refractivity contribution in [3.05, 3.63) is 0 Å². The van der Waals surface area contributed by atoms with E-state index in [-0.39, 0.29) is 18.1 Å². The van der Waals surface area contributed by atoms with E-state index in [1.54, 1.807) is 0 Å². The Kier molecular flexibility index (Phi) is 5.06. The number of hydrogen-bond donors (Lipinski definition) is 0. The van der Waals surface area contributed by atoms with Crippen molar-refractivity contribution in [2.75, 3.05) is 6.54 Å². The lowest BCUT2D eigenvalue weighted by Gasteiger charge is -2.33. The zero-order valence-corrected chi connectivity index (χ0v) is 13.3. The van der Waals surface area contributed by atoms with Gasteiger partial charge in [-0.15, -0.1) is 0 Å². The maximum Gasteiger partial charge on any atom is 0.374 e. The van der Waals surface area contributed by atoms with Gasteiger partial charge < -0.3 is 9.64 Å². The summed E-state index contributed by atoms with van der Waals surface area (Å²) in [5.74, 6) is 0.795. The highest BCUT2D eigenvalue weighted by molar-refractivity contribution is 6.35. The number of aliphatic imine (C=N–C) groups is 1. The zero-order valence-electron chi connectivity index (χ0n) is 13.3. The lowest BCUT2D eigenvalue weighted by Crippen LogP contribution is -2.44. The van der Waals surface area contributed by atoms with Crippen molar-refractivity contribution in [2.45, 2.75) is 78.0 Å². The molecule has 0 aromatic carbocycles. The second-order valence-corrected chi connectivity index (χ2v) is 6.66. The van der Waals surface area contributed by atoms with Crippen LogP contribution in [0.2, 0.25) is 0 Å². The summed E-state index contributed by atoms with van der Waals surface area (Å²) in [6.07, 6.45) is 6.12. The first-order chi connectivity index (χ1) is 9.49. The molecule has 0 bridgehead atoms. The van der Waals surface area contributed by atoms with Gasteiger partial charge in [0.25, 0.3) is 0 Å². The average molecular weight is 280 g/mol. The third-order valence-corrected chi connectivity index (χ3v) is 4.25. The number of hydrogen-bond acceptors (Lipinski definition) is 4. The van der Waals surface area contributed by atoms with E-state index < -0.39 is 0 Å². The fourth-order valence-corrected chi connectivity index (χ4v) is 3.07. The molecule has 1 heterocycles. The monoisotopic (exact) mass is 280 g/mol. The minimum Gasteiger partial charge on any atom is -0.457 e. The Morgan fingerprint density at radius 1 is 1.20 bits per heavy atom. The summed E-state index contributed by atoms with van der Waals surface area (Å²) in [7, 11) is 0. The maximum absolute atomic E-state index is 12.3. The Morgan fingerprint density at radius 2 is 1.85 bits per heavy atom. The summed E-state index contributed by atoms with van der Waals surface area (Å²) >= 11 is 0. The molecule has 1 saturated carbocycles. The van der Waals surface area contributed by atoms with Crippen LogP contribution in [0.15, 0.2) is 4.99 Å². The molecule has 4 nitrogen and oxygen atoms in total. The van der Waals surface area contributed by atoms with Crippen LogP contribution >= 0.6 is 0 Å². The molecule has 0 aromatic rings. The molecule has 0 spiro atoms. The lowest BCUT2D eigenvalue weighted by atomic mass is 9.93. The standard InChI is InChI=1S/C16H28N2O2/c1-11(2)14-10-18(13-8-6-5-7-9-13)15(17-14)16(19)20-12(3)4/h11-14H,5-10H2,1-4H3/t14-/m1/s1. The molecule has 114 valence electrons. The van der Waals surface area contributed by atoms with Crippen LogP contribution in [0, 0.1) is 5.92 Å². The van der Waals surface area contributed by atoms with E-state index in [9.17, 15) is 4.79 Å². The van der Waals surface area contributed by atoms with Gasteiger partial charge in [-0.25, -0.2) is 4.79 Å². The van der Waals surface area contributed by atoms with Gasteiger partial charge in [0.05, 0.1) is 12.1 Å². The summed E-state index contributed by atoms with van der Waals surface area (Å²) in [6, 6.07) is 0.706. The molecule has 0 N–H and O–H groups in total. The number of carbonyl (C=O) groups is 1. The van der Waals surface area contributed by atoms with Gasteiger partial charge in [-0.2, -0.15) is 0 Å². The smallest absolute Gasteiger partial charge is 0.374 e. The topological polar surface area (TPSA) is 41.9 Å². The third-order valence-electron chi connectivity index (χ3n) is 4.25. The van der Waals surface area contributed by atoms with Crippen molar-refractivity contribution in [2.24, 2.45) is 10.9 Å². The summed E-state index contributed by atoms with van der Waals surface area (Å²) in [4.78, 5) is 19.2. The molecule has 0 radical (unpaired) electrons. The zero-order chi connectivity index (χ0) is 14.7. The largest absolute Gasteiger partial charge is 0.457 e. The number of ether oxygens (including phenoxy) is 1. The summed E-state index contributed by atoms with van der Waals surface area (Å²) in [6.45, 7) is 9.00. The van der Waals surface area contributed by atoms with Gasteiger partial charge >= 0.3 is 5.97 Å². The second kappa shape index (κ2) is 6.59. The molecule has 1 atom stereocenters. The first-order valence-corrected chi connectivity index (χ1v) is 8.04. The first kappa shape index (κ1) is 15.3. The number of esters is 1. The van der Waals surface area contributed by atoms with Crippen molar-refractivity contribution in [3.8, 4) is 0 Å². The predicted octanol–water partition coefficient (Wildman–Crippen LogP) is 3.01. The number of amidine groups is 1. The summed E-state index contributed by atoms with van der Waals surface area (Å²) in [5.41, 5.74) is 0. The van der Waals surface area contributed by atoms with Crippen LogP contribution in [-0.2, 0) is 9.53 Å². The SMILES string of the molecule is CC(C)OC(=O)C1=N[C@@H](C(C)C)CN1C1CCCCC1. The first-order valence-electron chi connectivity index (χ1n) is 8.04. The van der Waals surface area contributed by atoms with E-state index in [1.807, 2.05) is 13.8 Å². The normalized spacial score (nSPS) is 24.4. The lowest BCUT2D eigenvalue weighted by molar-refractivity contribution is -0.140. The van der Waals surface area contributed by atoms with Gasteiger partial charge in [0, 0.05) is 12.6 Å². The van der Waals surface area contributed by atoms with E-state index in [1.165, 1.54) is 32.1 Å². The van der Waals surface area contributed by atoms with Crippen LogP contribution in [0.25, 0.3) is 0 Å². The predicted molar refractivity (Wildman–Crippen MR) is 80.9 cm³/mol. The highest BCUT2D eigenvalue weighted by Crippen LogP contribution is 2.28. The van der Waals surface area contributed by atoms with Crippen LogP contribution in [0.1, 0.15) is 59.8 Å². The van der Waals surface area contributed by atoms with E-state index in [2.05, 4.69) is 23.7 Å². The molecule has 0 unspecified atom stereocenters. The Hall–Kier alpha value is -1.06. The minimum atomic E-state index is -0.242. The van der Waals surface area contributed by atoms with Crippen LogP contribution in [-0.4, -0.2) is 41.4 Å². The molecule has 2 rings (SSSR count). The molecule has 0 aromatic heterocycles. The summed E-state index contributed by atoms with van der Waals surface area (Å²) in [5, 5.41) is 0. The van der Waals surface area contributed by atoms with Crippen molar-refractivity contribution in [1.82, 2.24) is 4.90 Å². The van der Waals surface area contributed by atoms with Crippen LogP contribution in [0.5, 0.6) is 0 Å². The maximum atomic E-state index is 12.3. The molecular formula is C16H28N2O2. The molecule has 1 aliphatic carbocycles. The molecule has 4 heteroatoms. The average Bonchev–Trinajstić information content (AvgIpc) is 2.84. The van der Waals surface area contributed by atoms with Gasteiger partial charge in [0.15, 0.2) is 0 Å². The van der Waals surface area contributed by atoms with Gasteiger partial charge in [-0.1, -0.05) is 33.1 Å². The highest BCUT2D eigenvalue weighted by Gasteiger charge is 2.36. The van der Waals surface area contributed by atoms with Gasteiger partial charge in [-0.05, 0) is 32.6 Å². The van der Waals surface area contributed by atoms with Gasteiger partial charge in [0.2, 0.25) is 5.84 Å². The van der Waals surface area contributed by atoms with Gasteiger partial charge in [-0.3, -0.25) is 4.99 Å². The highest BCUT2D eigenvalue weighted by atomic mass is 16.5.